The largest absolute Gasteiger partial charge is 0.480 e. The SMILES string of the molecule is CC1SCC(C(=O)O)N1C(=O)c1cc(Cl)ccc1Br. The second-order valence-corrected chi connectivity index (χ2v) is 6.76. The van der Waals surface area contributed by atoms with Crippen molar-refractivity contribution in [3.05, 3.63) is 33.3 Å². The maximum absolute atomic E-state index is 12.5. The first-order valence-electron chi connectivity index (χ1n) is 5.54. The molecule has 0 radical (unpaired) electrons. The summed E-state index contributed by atoms with van der Waals surface area (Å²) in [6.45, 7) is 1.82. The Labute approximate surface area is 128 Å². The van der Waals surface area contributed by atoms with Crippen LogP contribution in [0.2, 0.25) is 5.02 Å². The highest BCUT2D eigenvalue weighted by molar-refractivity contribution is 9.10. The molecule has 1 aromatic rings. The Bertz CT molecular complexity index is 540. The zero-order valence-corrected chi connectivity index (χ0v) is 13.1. The summed E-state index contributed by atoms with van der Waals surface area (Å²) in [4.78, 5) is 25.1. The van der Waals surface area contributed by atoms with Gasteiger partial charge in [-0.3, -0.25) is 4.79 Å². The molecule has 0 saturated carbocycles. The number of amides is 1. The lowest BCUT2D eigenvalue weighted by Gasteiger charge is -2.25. The van der Waals surface area contributed by atoms with Gasteiger partial charge in [-0.1, -0.05) is 11.6 Å². The monoisotopic (exact) mass is 363 g/mol. The molecule has 1 aliphatic heterocycles. The molecule has 2 unspecified atom stereocenters. The fourth-order valence-electron chi connectivity index (χ4n) is 1.94. The van der Waals surface area contributed by atoms with Gasteiger partial charge in [0.05, 0.1) is 10.9 Å². The lowest BCUT2D eigenvalue weighted by molar-refractivity contribution is -0.141. The quantitative estimate of drug-likeness (QED) is 0.876. The summed E-state index contributed by atoms with van der Waals surface area (Å²) in [5.41, 5.74) is 0.383. The zero-order valence-electron chi connectivity index (χ0n) is 9.97. The van der Waals surface area contributed by atoms with Gasteiger partial charge >= 0.3 is 5.97 Å². The first kappa shape index (κ1) is 14.7. The molecule has 1 N–H and O–H groups in total. The highest BCUT2D eigenvalue weighted by atomic mass is 79.9. The first-order valence-corrected chi connectivity index (χ1v) is 7.76. The number of rotatable bonds is 2. The maximum atomic E-state index is 12.5. The van der Waals surface area contributed by atoms with Gasteiger partial charge in [-0.2, -0.15) is 0 Å². The first-order chi connectivity index (χ1) is 8.91. The Morgan fingerprint density at radius 1 is 1.53 bits per heavy atom. The van der Waals surface area contributed by atoms with E-state index in [0.717, 1.165) is 0 Å². The van der Waals surface area contributed by atoms with E-state index in [4.69, 9.17) is 11.6 Å². The summed E-state index contributed by atoms with van der Waals surface area (Å²) < 4.78 is 0.607. The van der Waals surface area contributed by atoms with Crippen LogP contribution in [0.1, 0.15) is 17.3 Å². The average molecular weight is 365 g/mol. The molecular formula is C12H11BrClNO3S. The molecule has 2 rings (SSSR count). The van der Waals surface area contributed by atoms with Crippen molar-refractivity contribution >= 4 is 51.2 Å². The zero-order chi connectivity index (χ0) is 14.2. The van der Waals surface area contributed by atoms with Crippen LogP contribution < -0.4 is 0 Å². The van der Waals surface area contributed by atoms with Crippen LogP contribution in [0.15, 0.2) is 22.7 Å². The van der Waals surface area contributed by atoms with E-state index in [2.05, 4.69) is 15.9 Å². The summed E-state index contributed by atoms with van der Waals surface area (Å²) in [5.74, 6) is -0.900. The van der Waals surface area contributed by atoms with E-state index in [1.807, 2.05) is 6.92 Å². The van der Waals surface area contributed by atoms with Crippen molar-refractivity contribution < 1.29 is 14.7 Å². The fourth-order valence-corrected chi connectivity index (χ4v) is 3.70. The van der Waals surface area contributed by atoms with Crippen molar-refractivity contribution in [3.8, 4) is 0 Å². The number of carboxylic acids is 1. The van der Waals surface area contributed by atoms with Gasteiger partial charge in [0.2, 0.25) is 0 Å². The third-order valence-electron chi connectivity index (χ3n) is 2.90. The number of carboxylic acid groups (broad SMARTS) is 1. The van der Waals surface area contributed by atoms with Gasteiger partial charge in [-0.25, -0.2) is 4.79 Å². The summed E-state index contributed by atoms with van der Waals surface area (Å²) in [7, 11) is 0. The number of aliphatic carboxylic acids is 1. The molecule has 102 valence electrons. The van der Waals surface area contributed by atoms with E-state index >= 15 is 0 Å². The second-order valence-electron chi connectivity index (χ2n) is 4.12. The van der Waals surface area contributed by atoms with E-state index in [1.54, 1.807) is 18.2 Å². The van der Waals surface area contributed by atoms with Crippen LogP contribution in [0.3, 0.4) is 0 Å². The highest BCUT2D eigenvalue weighted by Gasteiger charge is 2.40. The number of halogens is 2. The molecule has 19 heavy (non-hydrogen) atoms. The molecule has 7 heteroatoms. The molecule has 1 fully saturated rings. The van der Waals surface area contributed by atoms with Gasteiger partial charge in [0.15, 0.2) is 0 Å². The third kappa shape index (κ3) is 2.90. The van der Waals surface area contributed by atoms with E-state index in [1.165, 1.54) is 16.7 Å². The molecule has 1 saturated heterocycles. The second kappa shape index (κ2) is 5.73. The molecule has 4 nitrogen and oxygen atoms in total. The summed E-state index contributed by atoms with van der Waals surface area (Å²) in [6, 6.07) is 4.10. The minimum absolute atomic E-state index is 0.167. The van der Waals surface area contributed by atoms with Gasteiger partial charge < -0.3 is 10.0 Å². The summed E-state index contributed by atoms with van der Waals surface area (Å²) in [5, 5.41) is 9.45. The van der Waals surface area contributed by atoms with Crippen molar-refractivity contribution in [2.75, 3.05) is 5.75 Å². The fraction of sp³-hybridized carbons (Fsp3) is 0.333. The molecule has 1 aromatic carbocycles. The Kier molecular flexibility index (Phi) is 4.43. The van der Waals surface area contributed by atoms with Gasteiger partial charge in [-0.05, 0) is 41.1 Å². The van der Waals surface area contributed by atoms with Crippen LogP contribution in [0.4, 0.5) is 0 Å². The summed E-state index contributed by atoms with van der Waals surface area (Å²) >= 11 is 10.6. The van der Waals surface area contributed by atoms with Crippen LogP contribution in [-0.2, 0) is 4.79 Å². The lowest BCUT2D eigenvalue weighted by atomic mass is 10.1. The Balaban J connectivity index is 2.37. The maximum Gasteiger partial charge on any atom is 0.327 e. The topological polar surface area (TPSA) is 57.6 Å². The Morgan fingerprint density at radius 3 is 2.84 bits per heavy atom. The van der Waals surface area contributed by atoms with Gasteiger partial charge in [0, 0.05) is 15.2 Å². The molecule has 0 spiro atoms. The van der Waals surface area contributed by atoms with Gasteiger partial charge in [-0.15, -0.1) is 11.8 Å². The van der Waals surface area contributed by atoms with Crippen LogP contribution in [0, 0.1) is 0 Å². The molecule has 0 aromatic heterocycles. The molecule has 2 atom stereocenters. The van der Waals surface area contributed by atoms with Gasteiger partial charge in [0.25, 0.3) is 5.91 Å². The minimum atomic E-state index is -0.983. The lowest BCUT2D eigenvalue weighted by Crippen LogP contribution is -2.44. The van der Waals surface area contributed by atoms with Crippen molar-refractivity contribution in [3.63, 3.8) is 0 Å². The molecule has 1 heterocycles. The third-order valence-corrected chi connectivity index (χ3v) is 5.05. The van der Waals surface area contributed by atoms with Crippen LogP contribution in [0.5, 0.6) is 0 Å². The van der Waals surface area contributed by atoms with E-state index < -0.39 is 12.0 Å². The Hall–Kier alpha value is -0.720. The number of hydrogen-bond acceptors (Lipinski definition) is 3. The van der Waals surface area contributed by atoms with Crippen molar-refractivity contribution in [2.24, 2.45) is 0 Å². The number of carbonyl (C=O) groups excluding carboxylic acids is 1. The Morgan fingerprint density at radius 2 is 2.21 bits per heavy atom. The molecule has 1 amide bonds. The van der Waals surface area contributed by atoms with Crippen LogP contribution in [-0.4, -0.2) is 39.1 Å². The van der Waals surface area contributed by atoms with E-state index in [9.17, 15) is 14.7 Å². The standard InChI is InChI=1S/C12H11BrClNO3S/c1-6-15(10(5-19-6)12(17)18)11(16)8-4-7(14)2-3-9(8)13/h2-4,6,10H,5H2,1H3,(H,17,18). The van der Waals surface area contributed by atoms with Crippen molar-refractivity contribution in [1.29, 1.82) is 0 Å². The van der Waals surface area contributed by atoms with E-state index in [-0.39, 0.29) is 11.3 Å². The number of thioether (sulfide) groups is 1. The van der Waals surface area contributed by atoms with Crippen LogP contribution >= 0.6 is 39.3 Å². The number of carbonyl (C=O) groups is 2. The predicted molar refractivity (Wildman–Crippen MR) is 78.7 cm³/mol. The molecule has 1 aliphatic rings. The van der Waals surface area contributed by atoms with Gasteiger partial charge in [0.1, 0.15) is 6.04 Å². The number of nitrogens with zero attached hydrogens (tertiary/aromatic N) is 1. The number of benzene rings is 1. The normalized spacial score (nSPS) is 22.6. The minimum Gasteiger partial charge on any atom is -0.480 e. The van der Waals surface area contributed by atoms with E-state index in [0.29, 0.717) is 20.8 Å². The van der Waals surface area contributed by atoms with Crippen LogP contribution in [0.25, 0.3) is 0 Å². The average Bonchev–Trinajstić information content (AvgIpc) is 2.73. The highest BCUT2D eigenvalue weighted by Crippen LogP contribution is 2.32. The van der Waals surface area contributed by atoms with Crippen molar-refractivity contribution in [1.82, 2.24) is 4.90 Å². The molecule has 0 bridgehead atoms. The smallest absolute Gasteiger partial charge is 0.327 e. The molecular weight excluding hydrogens is 354 g/mol. The predicted octanol–water partition coefficient (Wildman–Crippen LogP) is 3.09. The molecule has 0 aliphatic carbocycles. The summed E-state index contributed by atoms with van der Waals surface area (Å²) in [6.07, 6.45) is 0. The van der Waals surface area contributed by atoms with Crippen molar-refractivity contribution in [2.45, 2.75) is 18.3 Å². The number of hydrogen-bond donors (Lipinski definition) is 1.